The molecule has 1 aromatic carbocycles. The molecule has 94 valence electrons. The molecular weight excluding hydrogens is 244 g/mol. The number of benzene rings is 1. The topological polar surface area (TPSA) is 24.9 Å². The second-order valence-corrected chi connectivity index (χ2v) is 4.76. The Morgan fingerprint density at radius 2 is 1.94 bits per heavy atom. The highest BCUT2D eigenvalue weighted by atomic mass is 35.5. The van der Waals surface area contributed by atoms with E-state index in [1.807, 2.05) is 24.4 Å². The molecule has 0 aliphatic rings. The highest BCUT2D eigenvalue weighted by molar-refractivity contribution is 6.30. The maximum atomic E-state index is 5.85. The van der Waals surface area contributed by atoms with Crippen LogP contribution in [0.2, 0.25) is 5.02 Å². The van der Waals surface area contributed by atoms with E-state index in [0.29, 0.717) is 0 Å². The Kier molecular flexibility index (Phi) is 4.73. The molecule has 2 aromatic rings. The van der Waals surface area contributed by atoms with Crippen LogP contribution in [0.5, 0.6) is 0 Å². The van der Waals surface area contributed by atoms with Crippen molar-refractivity contribution in [2.45, 2.75) is 19.9 Å². The molecule has 0 amide bonds. The van der Waals surface area contributed by atoms with Gasteiger partial charge in [-0.05, 0) is 49.2 Å². The highest BCUT2D eigenvalue weighted by Gasteiger charge is 1.98. The minimum absolute atomic E-state index is 0.788. The molecule has 2 nitrogen and oxygen atoms in total. The number of aromatic nitrogens is 1. The third-order valence-electron chi connectivity index (χ3n) is 2.91. The van der Waals surface area contributed by atoms with E-state index in [2.05, 4.69) is 35.4 Å². The highest BCUT2D eigenvalue weighted by Crippen LogP contribution is 2.09. The van der Waals surface area contributed by atoms with Crippen LogP contribution in [0, 0.1) is 6.92 Å². The lowest BCUT2D eigenvalue weighted by molar-refractivity contribution is 0.672. The maximum Gasteiger partial charge on any atom is 0.0570 e. The van der Waals surface area contributed by atoms with Gasteiger partial charge in [-0.15, -0.1) is 0 Å². The second-order valence-electron chi connectivity index (χ2n) is 4.32. The van der Waals surface area contributed by atoms with Crippen LogP contribution in [0.1, 0.15) is 16.8 Å². The lowest BCUT2D eigenvalue weighted by Gasteiger charge is -2.06. The van der Waals surface area contributed by atoms with Crippen LogP contribution in [-0.4, -0.2) is 11.5 Å². The lowest BCUT2D eigenvalue weighted by Crippen LogP contribution is -2.18. The molecule has 0 aliphatic heterocycles. The summed E-state index contributed by atoms with van der Waals surface area (Å²) in [6, 6.07) is 12.0. The normalized spacial score (nSPS) is 10.6. The summed E-state index contributed by atoms with van der Waals surface area (Å²) >= 11 is 5.85. The Hall–Kier alpha value is -1.38. The van der Waals surface area contributed by atoms with Crippen LogP contribution >= 0.6 is 11.6 Å². The first-order valence-corrected chi connectivity index (χ1v) is 6.49. The summed E-state index contributed by atoms with van der Waals surface area (Å²) in [6.45, 7) is 3.85. The summed E-state index contributed by atoms with van der Waals surface area (Å²) < 4.78 is 0. The molecule has 0 saturated carbocycles. The Morgan fingerprint density at radius 1 is 1.17 bits per heavy atom. The minimum atomic E-state index is 0.788. The van der Waals surface area contributed by atoms with E-state index in [0.717, 1.165) is 30.2 Å². The Morgan fingerprint density at radius 3 is 2.67 bits per heavy atom. The third-order valence-corrected chi connectivity index (χ3v) is 3.17. The fourth-order valence-corrected chi connectivity index (χ4v) is 1.92. The van der Waals surface area contributed by atoms with Crippen molar-refractivity contribution in [2.75, 3.05) is 6.54 Å². The molecule has 0 saturated heterocycles. The third kappa shape index (κ3) is 3.83. The number of nitrogens with zero attached hydrogens (tertiary/aromatic N) is 1. The second kappa shape index (κ2) is 6.53. The summed E-state index contributed by atoms with van der Waals surface area (Å²) in [7, 11) is 0. The van der Waals surface area contributed by atoms with Crippen LogP contribution in [0.4, 0.5) is 0 Å². The zero-order valence-electron chi connectivity index (χ0n) is 10.5. The molecule has 0 aliphatic carbocycles. The minimum Gasteiger partial charge on any atom is -0.311 e. The van der Waals surface area contributed by atoms with Crippen molar-refractivity contribution in [1.29, 1.82) is 0 Å². The van der Waals surface area contributed by atoms with Crippen molar-refractivity contribution in [3.8, 4) is 0 Å². The van der Waals surface area contributed by atoms with Gasteiger partial charge in [0.2, 0.25) is 0 Å². The molecular formula is C15H17ClN2. The first kappa shape index (κ1) is 13.1. The maximum absolute atomic E-state index is 5.85. The number of rotatable bonds is 5. The number of aryl methyl sites for hydroxylation is 1. The van der Waals surface area contributed by atoms with Crippen molar-refractivity contribution in [3.05, 3.63) is 64.4 Å². The quantitative estimate of drug-likeness (QED) is 0.834. The van der Waals surface area contributed by atoms with Gasteiger partial charge in [-0.1, -0.05) is 29.8 Å². The first-order valence-electron chi connectivity index (χ1n) is 6.11. The number of halogens is 1. The molecule has 3 heteroatoms. The SMILES string of the molecule is Cc1cccnc1CNCCc1ccc(Cl)cc1. The van der Waals surface area contributed by atoms with E-state index in [1.165, 1.54) is 11.1 Å². The Labute approximate surface area is 113 Å². The van der Waals surface area contributed by atoms with Crippen molar-refractivity contribution in [1.82, 2.24) is 10.3 Å². The van der Waals surface area contributed by atoms with E-state index in [9.17, 15) is 0 Å². The first-order chi connectivity index (χ1) is 8.75. The molecule has 1 N–H and O–H groups in total. The van der Waals surface area contributed by atoms with E-state index in [4.69, 9.17) is 11.6 Å². The van der Waals surface area contributed by atoms with Gasteiger partial charge in [0.1, 0.15) is 0 Å². The monoisotopic (exact) mass is 260 g/mol. The number of hydrogen-bond acceptors (Lipinski definition) is 2. The van der Waals surface area contributed by atoms with Crippen LogP contribution < -0.4 is 5.32 Å². The number of hydrogen-bond donors (Lipinski definition) is 1. The zero-order valence-corrected chi connectivity index (χ0v) is 11.2. The summed E-state index contributed by atoms with van der Waals surface area (Å²) in [5.74, 6) is 0. The van der Waals surface area contributed by atoms with Crippen LogP contribution in [0.3, 0.4) is 0 Å². The standard InChI is InChI=1S/C15H17ClN2/c1-12-3-2-9-18-15(12)11-17-10-8-13-4-6-14(16)7-5-13/h2-7,9,17H,8,10-11H2,1H3. The largest absolute Gasteiger partial charge is 0.311 e. The van der Waals surface area contributed by atoms with Gasteiger partial charge in [0.05, 0.1) is 5.69 Å². The van der Waals surface area contributed by atoms with Crippen molar-refractivity contribution in [2.24, 2.45) is 0 Å². The molecule has 0 fully saturated rings. The number of nitrogens with one attached hydrogen (secondary N) is 1. The van der Waals surface area contributed by atoms with Crippen LogP contribution in [0.15, 0.2) is 42.6 Å². The molecule has 18 heavy (non-hydrogen) atoms. The lowest BCUT2D eigenvalue weighted by atomic mass is 10.1. The molecule has 1 heterocycles. The molecule has 0 atom stereocenters. The average molecular weight is 261 g/mol. The molecule has 0 radical (unpaired) electrons. The molecule has 0 spiro atoms. The molecule has 2 rings (SSSR count). The van der Waals surface area contributed by atoms with E-state index in [-0.39, 0.29) is 0 Å². The van der Waals surface area contributed by atoms with E-state index < -0.39 is 0 Å². The molecule has 0 unspecified atom stereocenters. The summed E-state index contributed by atoms with van der Waals surface area (Å²) in [4.78, 5) is 4.35. The van der Waals surface area contributed by atoms with Gasteiger partial charge in [0.15, 0.2) is 0 Å². The Bertz CT molecular complexity index is 494. The van der Waals surface area contributed by atoms with E-state index >= 15 is 0 Å². The average Bonchev–Trinajstić information content (AvgIpc) is 2.39. The summed E-state index contributed by atoms with van der Waals surface area (Å²) in [5.41, 5.74) is 3.65. The fraction of sp³-hybridized carbons (Fsp3) is 0.267. The van der Waals surface area contributed by atoms with Gasteiger partial charge in [-0.2, -0.15) is 0 Å². The predicted molar refractivity (Wildman–Crippen MR) is 75.8 cm³/mol. The van der Waals surface area contributed by atoms with Crippen LogP contribution in [0.25, 0.3) is 0 Å². The summed E-state index contributed by atoms with van der Waals surface area (Å²) in [6.07, 6.45) is 2.84. The smallest absolute Gasteiger partial charge is 0.0570 e. The summed E-state index contributed by atoms with van der Waals surface area (Å²) in [5, 5.41) is 4.20. The number of pyridine rings is 1. The fourth-order valence-electron chi connectivity index (χ4n) is 1.79. The molecule has 1 aromatic heterocycles. The Balaban J connectivity index is 1.76. The van der Waals surface area contributed by atoms with E-state index in [1.54, 1.807) is 0 Å². The van der Waals surface area contributed by atoms with Crippen molar-refractivity contribution >= 4 is 11.6 Å². The molecule has 0 bridgehead atoms. The van der Waals surface area contributed by atoms with Gasteiger partial charge in [0, 0.05) is 17.8 Å². The predicted octanol–water partition coefficient (Wildman–Crippen LogP) is 3.38. The van der Waals surface area contributed by atoms with Gasteiger partial charge in [-0.25, -0.2) is 0 Å². The van der Waals surface area contributed by atoms with Crippen molar-refractivity contribution in [3.63, 3.8) is 0 Å². The van der Waals surface area contributed by atoms with Gasteiger partial charge >= 0.3 is 0 Å². The van der Waals surface area contributed by atoms with Gasteiger partial charge < -0.3 is 5.32 Å². The zero-order chi connectivity index (χ0) is 12.8. The van der Waals surface area contributed by atoms with Gasteiger partial charge in [0.25, 0.3) is 0 Å². The van der Waals surface area contributed by atoms with Gasteiger partial charge in [-0.3, -0.25) is 4.98 Å². The van der Waals surface area contributed by atoms with Crippen molar-refractivity contribution < 1.29 is 0 Å². The van der Waals surface area contributed by atoms with Crippen LogP contribution in [-0.2, 0) is 13.0 Å².